The first-order valence-corrected chi connectivity index (χ1v) is 8.10. The molecule has 1 saturated heterocycles. The summed E-state index contributed by atoms with van der Waals surface area (Å²) in [5, 5.41) is 0. The molecule has 1 atom stereocenters. The zero-order valence-corrected chi connectivity index (χ0v) is 13.6. The molecule has 21 heavy (non-hydrogen) atoms. The Labute approximate surface area is 128 Å². The minimum Gasteiger partial charge on any atom is -0.301 e. The lowest BCUT2D eigenvalue weighted by Gasteiger charge is -2.36. The Morgan fingerprint density at radius 2 is 1.48 bits per heavy atom. The van der Waals surface area contributed by atoms with E-state index in [4.69, 9.17) is 0 Å². The summed E-state index contributed by atoms with van der Waals surface area (Å²) in [6.07, 6.45) is 0. The Kier molecular flexibility index (Phi) is 5.95. The average Bonchev–Trinajstić information content (AvgIpc) is 2.49. The van der Waals surface area contributed by atoms with E-state index in [0.29, 0.717) is 0 Å². The summed E-state index contributed by atoms with van der Waals surface area (Å²) in [5.74, 6) is 1.07. The number of hydrogen-bond acceptors (Lipinski definition) is 3. The normalized spacial score (nSPS) is 18.9. The second kappa shape index (κ2) is 7.71. The van der Waals surface area contributed by atoms with Crippen molar-refractivity contribution in [1.82, 2.24) is 9.80 Å². The lowest BCUT2D eigenvalue weighted by atomic mass is 9.98. The number of piperazine rings is 1. The van der Waals surface area contributed by atoms with E-state index in [2.05, 4.69) is 30.6 Å². The third-order valence-corrected chi connectivity index (χ3v) is 4.13. The molecule has 1 unspecified atom stereocenters. The molecular formula is C18H28N2O. The van der Waals surface area contributed by atoms with Crippen molar-refractivity contribution in [3.8, 4) is 0 Å². The number of benzene rings is 1. The highest BCUT2D eigenvalue weighted by atomic mass is 16.1. The Bertz CT molecular complexity index is 436. The molecule has 1 heterocycles. The van der Waals surface area contributed by atoms with Gasteiger partial charge < -0.3 is 9.80 Å². The highest BCUT2D eigenvalue weighted by molar-refractivity contribution is 5.97. The van der Waals surface area contributed by atoms with E-state index in [-0.39, 0.29) is 11.7 Å². The van der Waals surface area contributed by atoms with Crippen molar-refractivity contribution in [1.29, 1.82) is 0 Å². The number of ketones is 1. The van der Waals surface area contributed by atoms with Gasteiger partial charge in [-0.25, -0.2) is 0 Å². The first-order chi connectivity index (χ1) is 10.1. The summed E-state index contributed by atoms with van der Waals surface area (Å²) in [6.45, 7) is 13.1. The van der Waals surface area contributed by atoms with Gasteiger partial charge in [-0.15, -0.1) is 0 Å². The molecule has 0 aliphatic carbocycles. The van der Waals surface area contributed by atoms with Gasteiger partial charge in [0, 0.05) is 50.7 Å². The Balaban J connectivity index is 1.79. The number of Topliss-reactive ketones (excluding diaryl/α,β-unsaturated/α-hetero) is 1. The van der Waals surface area contributed by atoms with E-state index in [1.54, 1.807) is 0 Å². The average molecular weight is 288 g/mol. The van der Waals surface area contributed by atoms with Crippen LogP contribution in [0.3, 0.4) is 0 Å². The van der Waals surface area contributed by atoms with Crippen molar-refractivity contribution in [3.05, 3.63) is 35.9 Å². The van der Waals surface area contributed by atoms with Crippen LogP contribution in [0.15, 0.2) is 30.3 Å². The van der Waals surface area contributed by atoms with Gasteiger partial charge >= 0.3 is 0 Å². The van der Waals surface area contributed by atoms with E-state index in [1.165, 1.54) is 6.54 Å². The fourth-order valence-electron chi connectivity index (χ4n) is 3.03. The first kappa shape index (κ1) is 16.2. The molecule has 3 nitrogen and oxygen atoms in total. The molecule has 0 saturated carbocycles. The predicted octanol–water partition coefficient (Wildman–Crippen LogP) is 2.78. The van der Waals surface area contributed by atoms with Crippen molar-refractivity contribution >= 4 is 5.78 Å². The van der Waals surface area contributed by atoms with Gasteiger partial charge in [-0.2, -0.15) is 0 Å². The lowest BCUT2D eigenvalue weighted by molar-refractivity contribution is 0.0820. The number of rotatable bonds is 6. The van der Waals surface area contributed by atoms with Crippen LogP contribution in [0.5, 0.6) is 0 Å². The molecule has 3 heteroatoms. The second-order valence-corrected chi connectivity index (χ2v) is 6.63. The third kappa shape index (κ3) is 4.94. The van der Waals surface area contributed by atoms with Crippen LogP contribution >= 0.6 is 0 Å². The van der Waals surface area contributed by atoms with Gasteiger partial charge in [-0.3, -0.25) is 4.79 Å². The SMILES string of the molecule is CC(C)CN1CCN(CC(C)C(=O)c2ccccc2)CC1. The molecule has 1 aliphatic rings. The van der Waals surface area contributed by atoms with Crippen LogP contribution in [0.25, 0.3) is 0 Å². The lowest BCUT2D eigenvalue weighted by Crippen LogP contribution is -2.48. The molecular weight excluding hydrogens is 260 g/mol. The van der Waals surface area contributed by atoms with Crippen molar-refractivity contribution in [2.75, 3.05) is 39.3 Å². The maximum absolute atomic E-state index is 12.4. The number of carbonyl (C=O) groups excluding carboxylic acids is 1. The minimum atomic E-state index is 0.0732. The van der Waals surface area contributed by atoms with E-state index in [0.717, 1.165) is 44.2 Å². The Morgan fingerprint density at radius 1 is 0.952 bits per heavy atom. The van der Waals surface area contributed by atoms with Crippen molar-refractivity contribution < 1.29 is 4.79 Å². The van der Waals surface area contributed by atoms with Crippen LogP contribution in [-0.2, 0) is 0 Å². The molecule has 1 aromatic carbocycles. The van der Waals surface area contributed by atoms with Crippen LogP contribution in [0, 0.1) is 11.8 Å². The standard InChI is InChI=1S/C18H28N2O/c1-15(2)13-19-9-11-20(12-10-19)14-16(3)18(21)17-7-5-4-6-8-17/h4-8,15-16H,9-14H2,1-3H3. The highest BCUT2D eigenvalue weighted by Crippen LogP contribution is 2.12. The van der Waals surface area contributed by atoms with Gasteiger partial charge in [-0.05, 0) is 5.92 Å². The fraction of sp³-hybridized carbons (Fsp3) is 0.611. The molecule has 0 N–H and O–H groups in total. The van der Waals surface area contributed by atoms with Crippen molar-refractivity contribution in [2.24, 2.45) is 11.8 Å². The van der Waals surface area contributed by atoms with E-state index >= 15 is 0 Å². The minimum absolute atomic E-state index is 0.0732. The van der Waals surface area contributed by atoms with Crippen LogP contribution in [0.1, 0.15) is 31.1 Å². The molecule has 0 aromatic heterocycles. The van der Waals surface area contributed by atoms with Gasteiger partial charge in [0.2, 0.25) is 0 Å². The van der Waals surface area contributed by atoms with Gasteiger partial charge in [0.15, 0.2) is 5.78 Å². The Hall–Kier alpha value is -1.19. The molecule has 1 fully saturated rings. The fourth-order valence-corrected chi connectivity index (χ4v) is 3.03. The maximum atomic E-state index is 12.4. The van der Waals surface area contributed by atoms with Gasteiger partial charge in [0.25, 0.3) is 0 Å². The molecule has 1 aromatic rings. The molecule has 0 radical (unpaired) electrons. The van der Waals surface area contributed by atoms with Crippen molar-refractivity contribution in [2.45, 2.75) is 20.8 Å². The third-order valence-electron chi connectivity index (χ3n) is 4.13. The largest absolute Gasteiger partial charge is 0.301 e. The topological polar surface area (TPSA) is 23.6 Å². The molecule has 0 bridgehead atoms. The highest BCUT2D eigenvalue weighted by Gasteiger charge is 2.22. The maximum Gasteiger partial charge on any atom is 0.166 e. The van der Waals surface area contributed by atoms with Gasteiger partial charge in [0.05, 0.1) is 0 Å². The van der Waals surface area contributed by atoms with Crippen molar-refractivity contribution in [3.63, 3.8) is 0 Å². The van der Waals surface area contributed by atoms with Crippen LogP contribution in [0.2, 0.25) is 0 Å². The summed E-state index contributed by atoms with van der Waals surface area (Å²) < 4.78 is 0. The monoisotopic (exact) mass is 288 g/mol. The smallest absolute Gasteiger partial charge is 0.166 e. The van der Waals surface area contributed by atoms with E-state index < -0.39 is 0 Å². The number of carbonyl (C=O) groups is 1. The summed E-state index contributed by atoms with van der Waals surface area (Å²) in [4.78, 5) is 17.4. The second-order valence-electron chi connectivity index (χ2n) is 6.63. The van der Waals surface area contributed by atoms with Gasteiger partial charge in [-0.1, -0.05) is 51.1 Å². The predicted molar refractivity (Wildman–Crippen MR) is 87.7 cm³/mol. The summed E-state index contributed by atoms with van der Waals surface area (Å²) >= 11 is 0. The molecule has 0 amide bonds. The zero-order chi connectivity index (χ0) is 15.2. The molecule has 0 spiro atoms. The molecule has 1 aliphatic heterocycles. The number of nitrogens with zero attached hydrogens (tertiary/aromatic N) is 2. The van der Waals surface area contributed by atoms with E-state index in [1.807, 2.05) is 30.3 Å². The summed E-state index contributed by atoms with van der Waals surface area (Å²) in [5.41, 5.74) is 0.837. The molecule has 116 valence electrons. The summed E-state index contributed by atoms with van der Waals surface area (Å²) in [7, 11) is 0. The Morgan fingerprint density at radius 3 is 2.00 bits per heavy atom. The first-order valence-electron chi connectivity index (χ1n) is 8.10. The zero-order valence-electron chi connectivity index (χ0n) is 13.6. The number of hydrogen-bond donors (Lipinski definition) is 0. The molecule has 2 rings (SSSR count). The summed E-state index contributed by atoms with van der Waals surface area (Å²) in [6, 6.07) is 9.66. The van der Waals surface area contributed by atoms with Crippen LogP contribution in [0.4, 0.5) is 0 Å². The van der Waals surface area contributed by atoms with Crippen LogP contribution < -0.4 is 0 Å². The van der Waals surface area contributed by atoms with Crippen LogP contribution in [-0.4, -0.2) is 54.9 Å². The quantitative estimate of drug-likeness (QED) is 0.752. The van der Waals surface area contributed by atoms with E-state index in [9.17, 15) is 4.79 Å². The van der Waals surface area contributed by atoms with Gasteiger partial charge in [0.1, 0.15) is 0 Å².